The predicted octanol–water partition coefficient (Wildman–Crippen LogP) is 2.64. The molecule has 1 amide bonds. The zero-order valence-electron chi connectivity index (χ0n) is 15.7. The second kappa shape index (κ2) is 7.45. The molecule has 3 unspecified atom stereocenters. The number of aliphatic hydroxyl groups is 1. The maximum Gasteiger partial charge on any atom is 0.291 e. The van der Waals surface area contributed by atoms with E-state index in [2.05, 4.69) is 0 Å². The Kier molecular flexibility index (Phi) is 5.24. The standard InChI is InChI=1S/C22H23NO4/c1-13-4-8-16(9-5-13)19-18(20(25)17-10-6-14(2)7-11-17)21(26)22(27)23(19)12-15(3)24/h4-11,15,18-19,24H,12H2,1-3H3. The molecule has 0 saturated carbocycles. The molecule has 1 saturated heterocycles. The van der Waals surface area contributed by atoms with Crippen LogP contribution < -0.4 is 0 Å². The molecular weight excluding hydrogens is 342 g/mol. The second-order valence-electron chi connectivity index (χ2n) is 7.23. The van der Waals surface area contributed by atoms with Crippen molar-refractivity contribution in [2.45, 2.75) is 32.9 Å². The number of carbonyl (C=O) groups excluding carboxylic acids is 3. The van der Waals surface area contributed by atoms with Gasteiger partial charge in [-0.2, -0.15) is 0 Å². The van der Waals surface area contributed by atoms with E-state index in [1.807, 2.05) is 50.2 Å². The van der Waals surface area contributed by atoms with Crippen molar-refractivity contribution in [1.29, 1.82) is 0 Å². The number of Topliss-reactive ketones (excluding diaryl/α,β-unsaturated/α-hetero) is 2. The maximum absolute atomic E-state index is 13.1. The topological polar surface area (TPSA) is 74.7 Å². The summed E-state index contributed by atoms with van der Waals surface area (Å²) in [6.07, 6.45) is -0.803. The van der Waals surface area contributed by atoms with Gasteiger partial charge in [0.2, 0.25) is 5.78 Å². The Bertz CT molecular complexity index is 868. The molecule has 2 aromatic carbocycles. The first-order chi connectivity index (χ1) is 12.8. The minimum absolute atomic E-state index is 0.000788. The summed E-state index contributed by atoms with van der Waals surface area (Å²) in [6, 6.07) is 13.7. The van der Waals surface area contributed by atoms with Crippen LogP contribution in [0.4, 0.5) is 0 Å². The van der Waals surface area contributed by atoms with Crippen molar-refractivity contribution in [3.63, 3.8) is 0 Å². The Labute approximate surface area is 158 Å². The summed E-state index contributed by atoms with van der Waals surface area (Å²) >= 11 is 0. The van der Waals surface area contributed by atoms with Gasteiger partial charge >= 0.3 is 0 Å². The molecule has 3 atom stereocenters. The predicted molar refractivity (Wildman–Crippen MR) is 101 cm³/mol. The van der Waals surface area contributed by atoms with E-state index in [1.54, 1.807) is 19.1 Å². The van der Waals surface area contributed by atoms with E-state index in [-0.39, 0.29) is 12.3 Å². The van der Waals surface area contributed by atoms with Gasteiger partial charge in [-0.3, -0.25) is 14.4 Å². The molecule has 3 rings (SSSR count). The zero-order chi connectivity index (χ0) is 19.7. The highest BCUT2D eigenvalue weighted by atomic mass is 16.3. The van der Waals surface area contributed by atoms with Crippen LogP contribution in [-0.2, 0) is 9.59 Å². The smallest absolute Gasteiger partial charge is 0.291 e. The van der Waals surface area contributed by atoms with E-state index in [4.69, 9.17) is 0 Å². The van der Waals surface area contributed by atoms with Gasteiger partial charge < -0.3 is 10.0 Å². The average Bonchev–Trinajstić information content (AvgIpc) is 2.87. The van der Waals surface area contributed by atoms with Crippen molar-refractivity contribution in [3.8, 4) is 0 Å². The lowest BCUT2D eigenvalue weighted by Gasteiger charge is -2.28. The first kappa shape index (κ1) is 19.0. The van der Waals surface area contributed by atoms with Crippen molar-refractivity contribution >= 4 is 17.5 Å². The molecule has 27 heavy (non-hydrogen) atoms. The van der Waals surface area contributed by atoms with E-state index in [0.717, 1.165) is 11.1 Å². The minimum Gasteiger partial charge on any atom is -0.392 e. The summed E-state index contributed by atoms with van der Waals surface area (Å²) in [7, 11) is 0. The van der Waals surface area contributed by atoms with Gasteiger partial charge in [-0.05, 0) is 26.3 Å². The molecule has 1 heterocycles. The molecule has 0 bridgehead atoms. The molecule has 5 heteroatoms. The van der Waals surface area contributed by atoms with Gasteiger partial charge in [0.15, 0.2) is 5.78 Å². The average molecular weight is 365 g/mol. The summed E-state index contributed by atoms with van der Waals surface area (Å²) < 4.78 is 0. The normalized spacial score (nSPS) is 20.8. The van der Waals surface area contributed by atoms with Crippen LogP contribution in [0.3, 0.4) is 0 Å². The number of β-amino-alcohol motifs (C(OH)–C–C–N with tert-alkyl or cyclic N) is 1. The van der Waals surface area contributed by atoms with Crippen LogP contribution in [0.5, 0.6) is 0 Å². The molecule has 1 N–H and O–H groups in total. The van der Waals surface area contributed by atoms with E-state index in [1.165, 1.54) is 4.90 Å². The Balaban J connectivity index is 2.06. The van der Waals surface area contributed by atoms with Gasteiger partial charge in [0.1, 0.15) is 5.92 Å². The van der Waals surface area contributed by atoms with Crippen molar-refractivity contribution in [1.82, 2.24) is 4.90 Å². The van der Waals surface area contributed by atoms with Crippen LogP contribution in [-0.4, -0.2) is 40.1 Å². The fourth-order valence-electron chi connectivity index (χ4n) is 3.50. The lowest BCUT2D eigenvalue weighted by molar-refractivity contribution is -0.141. The molecule has 0 aliphatic carbocycles. The van der Waals surface area contributed by atoms with E-state index in [9.17, 15) is 19.5 Å². The fraction of sp³-hybridized carbons (Fsp3) is 0.318. The number of likely N-dealkylation sites (tertiary alicyclic amines) is 1. The number of hydrogen-bond acceptors (Lipinski definition) is 4. The van der Waals surface area contributed by atoms with E-state index >= 15 is 0 Å². The van der Waals surface area contributed by atoms with Crippen LogP contribution in [0.1, 0.15) is 40.0 Å². The van der Waals surface area contributed by atoms with Gasteiger partial charge in [0, 0.05) is 12.1 Å². The molecule has 2 aromatic rings. The largest absolute Gasteiger partial charge is 0.392 e. The molecule has 0 aromatic heterocycles. The summed E-state index contributed by atoms with van der Waals surface area (Å²) in [5, 5.41) is 9.81. The van der Waals surface area contributed by atoms with E-state index in [0.29, 0.717) is 11.1 Å². The second-order valence-corrected chi connectivity index (χ2v) is 7.23. The first-order valence-corrected chi connectivity index (χ1v) is 9.00. The van der Waals surface area contributed by atoms with Crippen LogP contribution in [0.25, 0.3) is 0 Å². The zero-order valence-corrected chi connectivity index (χ0v) is 15.7. The number of ketones is 2. The first-order valence-electron chi connectivity index (χ1n) is 9.00. The van der Waals surface area contributed by atoms with Gasteiger partial charge in [0.25, 0.3) is 5.91 Å². The molecular formula is C22H23NO4. The number of carbonyl (C=O) groups is 3. The molecule has 5 nitrogen and oxygen atoms in total. The number of amides is 1. The molecule has 1 fully saturated rings. The third kappa shape index (κ3) is 3.69. The molecule has 140 valence electrons. The number of hydrogen-bond donors (Lipinski definition) is 1. The lowest BCUT2D eigenvalue weighted by atomic mass is 9.86. The monoisotopic (exact) mass is 365 g/mol. The van der Waals surface area contributed by atoms with Gasteiger partial charge in [-0.25, -0.2) is 0 Å². The maximum atomic E-state index is 13.1. The minimum atomic E-state index is -1.11. The van der Waals surface area contributed by atoms with Crippen LogP contribution >= 0.6 is 0 Å². The van der Waals surface area contributed by atoms with Crippen LogP contribution in [0.2, 0.25) is 0 Å². The Morgan fingerprint density at radius 3 is 2.04 bits per heavy atom. The van der Waals surface area contributed by atoms with Crippen molar-refractivity contribution in [2.24, 2.45) is 5.92 Å². The van der Waals surface area contributed by atoms with Crippen LogP contribution in [0, 0.1) is 19.8 Å². The summed E-state index contributed by atoms with van der Waals surface area (Å²) in [6.45, 7) is 5.41. The summed E-state index contributed by atoms with van der Waals surface area (Å²) in [4.78, 5) is 39.8. The van der Waals surface area contributed by atoms with Crippen molar-refractivity contribution in [3.05, 3.63) is 70.8 Å². The quantitative estimate of drug-likeness (QED) is 0.502. The Morgan fingerprint density at radius 2 is 1.52 bits per heavy atom. The third-order valence-corrected chi connectivity index (χ3v) is 4.90. The highest BCUT2D eigenvalue weighted by Crippen LogP contribution is 2.38. The Hall–Kier alpha value is -2.79. The Morgan fingerprint density at radius 1 is 1.00 bits per heavy atom. The van der Waals surface area contributed by atoms with Gasteiger partial charge in [-0.1, -0.05) is 59.7 Å². The number of rotatable bonds is 5. The third-order valence-electron chi connectivity index (χ3n) is 4.90. The SMILES string of the molecule is Cc1ccc(C(=O)C2C(=O)C(=O)N(CC(C)O)C2c2ccc(C)cc2)cc1. The number of aryl methyl sites for hydroxylation is 2. The fourth-order valence-corrected chi connectivity index (χ4v) is 3.50. The van der Waals surface area contributed by atoms with Crippen LogP contribution in [0.15, 0.2) is 48.5 Å². The highest BCUT2D eigenvalue weighted by Gasteiger charge is 2.51. The number of benzene rings is 2. The van der Waals surface area contributed by atoms with Gasteiger partial charge in [0.05, 0.1) is 12.1 Å². The molecule has 1 aliphatic rings. The highest BCUT2D eigenvalue weighted by molar-refractivity contribution is 6.44. The number of aliphatic hydroxyl groups excluding tert-OH is 1. The lowest BCUT2D eigenvalue weighted by Crippen LogP contribution is -2.36. The number of nitrogens with zero attached hydrogens (tertiary/aromatic N) is 1. The van der Waals surface area contributed by atoms with Gasteiger partial charge in [-0.15, -0.1) is 0 Å². The molecule has 0 radical (unpaired) electrons. The summed E-state index contributed by atoms with van der Waals surface area (Å²) in [5.74, 6) is -2.91. The van der Waals surface area contributed by atoms with Crippen molar-refractivity contribution < 1.29 is 19.5 Å². The summed E-state index contributed by atoms with van der Waals surface area (Å²) in [5.41, 5.74) is 3.16. The molecule has 0 spiro atoms. The van der Waals surface area contributed by atoms with E-state index < -0.39 is 29.8 Å². The molecule has 1 aliphatic heterocycles. The van der Waals surface area contributed by atoms with Crippen molar-refractivity contribution in [2.75, 3.05) is 6.54 Å².